The van der Waals surface area contributed by atoms with Gasteiger partial charge in [-0.2, -0.15) is 0 Å². The van der Waals surface area contributed by atoms with Crippen molar-refractivity contribution >= 4 is 23.0 Å². The molecule has 0 heterocycles. The van der Waals surface area contributed by atoms with Crippen LogP contribution in [0.5, 0.6) is 0 Å². The minimum Gasteiger partial charge on any atom is -0.477 e. The van der Waals surface area contributed by atoms with Crippen LogP contribution in [0, 0.1) is 22.9 Å². The molecule has 0 aliphatic carbocycles. The van der Waals surface area contributed by atoms with Crippen LogP contribution in [0.4, 0.5) is 21.5 Å². The van der Waals surface area contributed by atoms with Gasteiger partial charge >= 0.3 is 5.97 Å². The molecule has 0 aliphatic rings. The van der Waals surface area contributed by atoms with Crippen LogP contribution in [0.15, 0.2) is 36.4 Å². The Kier molecular flexibility index (Phi) is 3.84. The van der Waals surface area contributed by atoms with E-state index in [1.165, 1.54) is 12.1 Å². The normalized spacial score (nSPS) is 10.2. The standard InChI is InChI=1S/C14H11FN2O4/c1-8-2-3-9(6-12(8)15)16-10-4-5-11(14(18)19)13(7-10)17(20)21/h2-7,16H,1H3,(H,18,19). The molecule has 7 heteroatoms. The monoisotopic (exact) mass is 290 g/mol. The maximum atomic E-state index is 13.4. The van der Waals surface area contributed by atoms with Crippen LogP contribution in [0.25, 0.3) is 0 Å². The van der Waals surface area contributed by atoms with Crippen LogP contribution in [0.2, 0.25) is 0 Å². The number of rotatable bonds is 4. The molecule has 0 spiro atoms. The highest BCUT2D eigenvalue weighted by molar-refractivity contribution is 5.93. The molecule has 0 atom stereocenters. The number of benzene rings is 2. The zero-order chi connectivity index (χ0) is 15.6. The second kappa shape index (κ2) is 5.58. The number of nitro benzene ring substituents is 1. The molecule has 0 aromatic heterocycles. The third kappa shape index (κ3) is 3.14. The molecular weight excluding hydrogens is 279 g/mol. The highest BCUT2D eigenvalue weighted by atomic mass is 19.1. The Morgan fingerprint density at radius 2 is 1.86 bits per heavy atom. The summed E-state index contributed by atoms with van der Waals surface area (Å²) in [6.45, 7) is 1.62. The molecule has 0 bridgehead atoms. The van der Waals surface area contributed by atoms with Crippen LogP contribution in [0.1, 0.15) is 15.9 Å². The van der Waals surface area contributed by atoms with E-state index in [1.54, 1.807) is 19.1 Å². The zero-order valence-electron chi connectivity index (χ0n) is 11.0. The summed E-state index contributed by atoms with van der Waals surface area (Å²) in [5.41, 5.74) is 0.263. The first-order chi connectivity index (χ1) is 9.88. The van der Waals surface area contributed by atoms with E-state index in [1.807, 2.05) is 0 Å². The van der Waals surface area contributed by atoms with Gasteiger partial charge in [-0.25, -0.2) is 9.18 Å². The zero-order valence-corrected chi connectivity index (χ0v) is 11.0. The molecule has 0 saturated carbocycles. The number of nitrogens with one attached hydrogen (secondary N) is 1. The van der Waals surface area contributed by atoms with Crippen molar-refractivity contribution in [1.29, 1.82) is 0 Å². The van der Waals surface area contributed by atoms with Gasteiger partial charge in [-0.1, -0.05) is 6.07 Å². The number of carboxylic acid groups (broad SMARTS) is 1. The number of halogens is 1. The summed E-state index contributed by atoms with van der Waals surface area (Å²) in [4.78, 5) is 21.0. The molecule has 0 aliphatic heterocycles. The lowest BCUT2D eigenvalue weighted by atomic mass is 10.1. The molecule has 2 aromatic rings. The predicted molar refractivity (Wildman–Crippen MR) is 74.5 cm³/mol. The molecule has 0 radical (unpaired) electrons. The Morgan fingerprint density at radius 1 is 1.24 bits per heavy atom. The molecule has 2 rings (SSSR count). The number of nitro groups is 1. The van der Waals surface area contributed by atoms with Crippen LogP contribution in [0.3, 0.4) is 0 Å². The highest BCUT2D eigenvalue weighted by Crippen LogP contribution is 2.26. The smallest absolute Gasteiger partial charge is 0.342 e. The number of nitrogens with zero attached hydrogens (tertiary/aromatic N) is 1. The van der Waals surface area contributed by atoms with E-state index in [2.05, 4.69) is 5.32 Å². The Labute approximate surface area is 119 Å². The molecule has 108 valence electrons. The van der Waals surface area contributed by atoms with E-state index in [0.717, 1.165) is 12.1 Å². The van der Waals surface area contributed by atoms with Gasteiger partial charge in [-0.3, -0.25) is 10.1 Å². The third-order valence-electron chi connectivity index (χ3n) is 2.89. The molecule has 6 nitrogen and oxygen atoms in total. The fraction of sp³-hybridized carbons (Fsp3) is 0.0714. The fourth-order valence-electron chi connectivity index (χ4n) is 1.78. The summed E-state index contributed by atoms with van der Waals surface area (Å²) in [7, 11) is 0. The summed E-state index contributed by atoms with van der Waals surface area (Å²) >= 11 is 0. The van der Waals surface area contributed by atoms with E-state index < -0.39 is 28.0 Å². The summed E-state index contributed by atoms with van der Waals surface area (Å²) < 4.78 is 13.4. The Balaban J connectivity index is 2.36. The Bertz CT molecular complexity index is 731. The van der Waals surface area contributed by atoms with E-state index >= 15 is 0 Å². The van der Waals surface area contributed by atoms with Gasteiger partial charge in [0.2, 0.25) is 0 Å². The number of carbonyl (C=O) groups is 1. The van der Waals surface area contributed by atoms with E-state index in [-0.39, 0.29) is 0 Å². The number of anilines is 2. The molecule has 0 amide bonds. The maximum absolute atomic E-state index is 13.4. The molecule has 2 N–H and O–H groups in total. The first-order valence-corrected chi connectivity index (χ1v) is 5.93. The van der Waals surface area contributed by atoms with Crippen LogP contribution in [-0.4, -0.2) is 16.0 Å². The van der Waals surface area contributed by atoms with Crippen molar-refractivity contribution in [2.75, 3.05) is 5.32 Å². The molecular formula is C14H11FN2O4. The number of aryl methyl sites for hydroxylation is 1. The van der Waals surface area contributed by atoms with Gasteiger partial charge in [0.25, 0.3) is 5.69 Å². The molecule has 21 heavy (non-hydrogen) atoms. The summed E-state index contributed by atoms with van der Waals surface area (Å²) in [5.74, 6) is -1.79. The maximum Gasteiger partial charge on any atom is 0.342 e. The quantitative estimate of drug-likeness (QED) is 0.664. The first kappa shape index (κ1) is 14.4. The van der Waals surface area contributed by atoms with Gasteiger partial charge in [0, 0.05) is 17.4 Å². The van der Waals surface area contributed by atoms with Crippen molar-refractivity contribution in [2.45, 2.75) is 6.92 Å². The SMILES string of the molecule is Cc1ccc(Nc2ccc(C(=O)O)c([N+](=O)[O-])c2)cc1F. The van der Waals surface area contributed by atoms with Crippen LogP contribution >= 0.6 is 0 Å². The van der Waals surface area contributed by atoms with Crippen molar-refractivity contribution < 1.29 is 19.2 Å². The van der Waals surface area contributed by atoms with Gasteiger partial charge in [0.05, 0.1) is 4.92 Å². The van der Waals surface area contributed by atoms with E-state index in [9.17, 15) is 19.3 Å². The minimum atomic E-state index is -1.38. The number of hydrogen-bond acceptors (Lipinski definition) is 4. The van der Waals surface area contributed by atoms with Crippen molar-refractivity contribution in [3.63, 3.8) is 0 Å². The molecule has 0 unspecified atom stereocenters. The molecule has 2 aromatic carbocycles. The van der Waals surface area contributed by atoms with Crippen molar-refractivity contribution in [1.82, 2.24) is 0 Å². The summed E-state index contributed by atoms with van der Waals surface area (Å²) in [6, 6.07) is 8.06. The highest BCUT2D eigenvalue weighted by Gasteiger charge is 2.20. The van der Waals surface area contributed by atoms with Gasteiger partial charge in [-0.15, -0.1) is 0 Å². The van der Waals surface area contributed by atoms with Gasteiger partial charge in [0.15, 0.2) is 0 Å². The second-order valence-corrected chi connectivity index (χ2v) is 4.38. The average Bonchev–Trinajstić information content (AvgIpc) is 2.42. The average molecular weight is 290 g/mol. The van der Waals surface area contributed by atoms with Crippen molar-refractivity contribution in [3.8, 4) is 0 Å². The summed E-state index contributed by atoms with van der Waals surface area (Å²) in [5, 5.41) is 22.6. The number of aromatic carboxylic acids is 1. The van der Waals surface area contributed by atoms with Crippen molar-refractivity contribution in [3.05, 3.63) is 63.5 Å². The predicted octanol–water partition coefficient (Wildman–Crippen LogP) is 3.48. The lowest BCUT2D eigenvalue weighted by Gasteiger charge is -2.08. The fourth-order valence-corrected chi connectivity index (χ4v) is 1.78. The lowest BCUT2D eigenvalue weighted by Crippen LogP contribution is -2.03. The topological polar surface area (TPSA) is 92.5 Å². The van der Waals surface area contributed by atoms with Crippen LogP contribution in [-0.2, 0) is 0 Å². The van der Waals surface area contributed by atoms with E-state index in [4.69, 9.17) is 5.11 Å². The van der Waals surface area contributed by atoms with Gasteiger partial charge in [0.1, 0.15) is 11.4 Å². The Hall–Kier alpha value is -2.96. The molecule has 0 fully saturated rings. The van der Waals surface area contributed by atoms with Gasteiger partial charge < -0.3 is 10.4 Å². The number of carboxylic acids is 1. The Morgan fingerprint density at radius 3 is 2.43 bits per heavy atom. The minimum absolute atomic E-state index is 0.301. The summed E-state index contributed by atoms with van der Waals surface area (Å²) in [6.07, 6.45) is 0. The van der Waals surface area contributed by atoms with Crippen LogP contribution < -0.4 is 5.32 Å². The first-order valence-electron chi connectivity index (χ1n) is 5.93. The van der Waals surface area contributed by atoms with Gasteiger partial charge in [-0.05, 0) is 36.8 Å². The largest absolute Gasteiger partial charge is 0.477 e. The second-order valence-electron chi connectivity index (χ2n) is 4.38. The van der Waals surface area contributed by atoms with E-state index in [0.29, 0.717) is 16.9 Å². The number of hydrogen-bond donors (Lipinski definition) is 2. The third-order valence-corrected chi connectivity index (χ3v) is 2.89. The molecule has 0 saturated heterocycles. The lowest BCUT2D eigenvalue weighted by molar-refractivity contribution is -0.385. The van der Waals surface area contributed by atoms with Crippen molar-refractivity contribution in [2.24, 2.45) is 0 Å².